The third-order valence-electron chi connectivity index (χ3n) is 2.45. The van der Waals surface area contributed by atoms with Gasteiger partial charge < -0.3 is 10.7 Å². The monoisotopic (exact) mass is 257 g/mol. The normalized spacial score (nSPS) is 10.9. The Bertz CT molecular complexity index is 665. The number of benzene rings is 1. The summed E-state index contributed by atoms with van der Waals surface area (Å²) in [4.78, 5) is 16.0. The van der Waals surface area contributed by atoms with Gasteiger partial charge in [-0.1, -0.05) is 11.8 Å². The van der Waals surface area contributed by atoms with Crippen LogP contribution in [0.4, 0.5) is 5.69 Å². The van der Waals surface area contributed by atoms with E-state index in [1.165, 1.54) is 0 Å². The second-order valence-electron chi connectivity index (χ2n) is 3.79. The van der Waals surface area contributed by atoms with Crippen molar-refractivity contribution in [1.29, 1.82) is 0 Å². The maximum Gasteiger partial charge on any atom is 0.117 e. The van der Waals surface area contributed by atoms with Crippen LogP contribution in [0.1, 0.15) is 5.82 Å². The number of aromatic nitrogens is 4. The lowest BCUT2D eigenvalue weighted by atomic mass is 10.3. The summed E-state index contributed by atoms with van der Waals surface area (Å²) in [6.45, 7) is 0. The number of rotatable bonds is 3. The van der Waals surface area contributed by atoms with E-state index >= 15 is 0 Å². The van der Waals surface area contributed by atoms with E-state index < -0.39 is 0 Å². The number of nitrogens with two attached hydrogens (primary N) is 1. The molecule has 0 fully saturated rings. The Hall–Kier alpha value is -2.08. The number of imidazole rings is 1. The van der Waals surface area contributed by atoms with Crippen molar-refractivity contribution in [1.82, 2.24) is 19.9 Å². The van der Waals surface area contributed by atoms with Crippen molar-refractivity contribution in [3.8, 4) is 0 Å². The van der Waals surface area contributed by atoms with E-state index in [1.54, 1.807) is 30.4 Å². The summed E-state index contributed by atoms with van der Waals surface area (Å²) in [5.74, 6) is 1.64. The van der Waals surface area contributed by atoms with Crippen molar-refractivity contribution in [2.24, 2.45) is 0 Å². The molecule has 0 amide bonds. The fourth-order valence-electron chi connectivity index (χ4n) is 1.65. The highest BCUT2D eigenvalue weighted by atomic mass is 32.2. The summed E-state index contributed by atoms with van der Waals surface area (Å²) in [6, 6.07) is 5.65. The molecule has 0 aliphatic heterocycles. The van der Waals surface area contributed by atoms with Gasteiger partial charge in [-0.2, -0.15) is 0 Å². The third-order valence-corrected chi connectivity index (χ3v) is 3.38. The summed E-state index contributed by atoms with van der Waals surface area (Å²) >= 11 is 1.59. The van der Waals surface area contributed by atoms with E-state index in [0.29, 0.717) is 0 Å². The van der Waals surface area contributed by atoms with Gasteiger partial charge in [0.1, 0.15) is 10.9 Å². The quantitative estimate of drug-likeness (QED) is 0.555. The molecular formula is C12H11N5S. The molecule has 0 saturated heterocycles. The van der Waals surface area contributed by atoms with Crippen LogP contribution in [-0.4, -0.2) is 19.9 Å². The first-order valence-corrected chi connectivity index (χ1v) is 6.43. The molecule has 1 aromatic carbocycles. The van der Waals surface area contributed by atoms with Gasteiger partial charge in [0.25, 0.3) is 0 Å². The topological polar surface area (TPSA) is 80.5 Å². The molecule has 0 unspecified atom stereocenters. The SMILES string of the molecule is Nc1ccc2nc(CSc3cnccn3)[nH]c2c1. The molecule has 3 rings (SSSR count). The van der Waals surface area contributed by atoms with E-state index in [4.69, 9.17) is 5.73 Å². The minimum Gasteiger partial charge on any atom is -0.399 e. The number of hydrogen-bond acceptors (Lipinski definition) is 5. The second-order valence-corrected chi connectivity index (χ2v) is 4.79. The molecule has 18 heavy (non-hydrogen) atoms. The van der Waals surface area contributed by atoms with E-state index in [9.17, 15) is 0 Å². The van der Waals surface area contributed by atoms with Crippen LogP contribution in [0, 0.1) is 0 Å². The molecule has 3 N–H and O–H groups in total. The Morgan fingerprint density at radius 3 is 3.06 bits per heavy atom. The van der Waals surface area contributed by atoms with Crippen LogP contribution in [0.3, 0.4) is 0 Å². The number of hydrogen-bond donors (Lipinski definition) is 2. The summed E-state index contributed by atoms with van der Waals surface area (Å²) in [5.41, 5.74) is 8.35. The molecule has 0 spiro atoms. The zero-order valence-corrected chi connectivity index (χ0v) is 10.3. The highest BCUT2D eigenvalue weighted by Crippen LogP contribution is 2.21. The van der Waals surface area contributed by atoms with Crippen LogP contribution in [0.25, 0.3) is 11.0 Å². The number of nitrogens with one attached hydrogen (secondary N) is 1. The summed E-state index contributed by atoms with van der Waals surface area (Å²) < 4.78 is 0. The Kier molecular flexibility index (Phi) is 2.85. The predicted octanol–water partition coefficient (Wildman–Crippen LogP) is 2.23. The number of nitrogen functional groups attached to an aromatic ring is 1. The van der Waals surface area contributed by atoms with E-state index in [2.05, 4.69) is 19.9 Å². The Labute approximate surface area is 108 Å². The van der Waals surface area contributed by atoms with Crippen LogP contribution in [-0.2, 0) is 5.75 Å². The fourth-order valence-corrected chi connectivity index (χ4v) is 2.34. The van der Waals surface area contributed by atoms with Gasteiger partial charge in [0.05, 0.1) is 23.0 Å². The summed E-state index contributed by atoms with van der Waals surface area (Å²) in [6.07, 6.45) is 5.08. The molecule has 0 atom stereocenters. The average Bonchev–Trinajstić information content (AvgIpc) is 2.79. The molecule has 0 radical (unpaired) electrons. The van der Waals surface area contributed by atoms with Crippen LogP contribution in [0.2, 0.25) is 0 Å². The summed E-state index contributed by atoms with van der Waals surface area (Å²) in [7, 11) is 0. The van der Waals surface area contributed by atoms with Crippen LogP contribution in [0.5, 0.6) is 0 Å². The Morgan fingerprint density at radius 1 is 1.28 bits per heavy atom. The third kappa shape index (κ3) is 2.28. The lowest BCUT2D eigenvalue weighted by Gasteiger charge is -1.96. The molecule has 90 valence electrons. The first-order chi connectivity index (χ1) is 8.81. The lowest BCUT2D eigenvalue weighted by Crippen LogP contribution is -1.85. The van der Waals surface area contributed by atoms with Crippen molar-refractivity contribution in [2.45, 2.75) is 10.8 Å². The Morgan fingerprint density at radius 2 is 2.22 bits per heavy atom. The van der Waals surface area contributed by atoms with Crippen molar-refractivity contribution in [3.63, 3.8) is 0 Å². The molecule has 6 heteroatoms. The summed E-state index contributed by atoms with van der Waals surface area (Å²) in [5, 5.41) is 0.887. The highest BCUT2D eigenvalue weighted by molar-refractivity contribution is 7.98. The van der Waals surface area contributed by atoms with Crippen LogP contribution < -0.4 is 5.73 Å². The number of aromatic amines is 1. The number of fused-ring (bicyclic) bond motifs is 1. The van der Waals surface area contributed by atoms with Gasteiger partial charge in [-0.05, 0) is 18.2 Å². The molecule has 0 aliphatic carbocycles. The second kappa shape index (κ2) is 4.66. The van der Waals surface area contributed by atoms with Crippen molar-refractivity contribution >= 4 is 28.5 Å². The first-order valence-electron chi connectivity index (χ1n) is 5.44. The van der Waals surface area contributed by atoms with Crippen molar-refractivity contribution in [2.75, 3.05) is 5.73 Å². The van der Waals surface area contributed by atoms with Gasteiger partial charge in [0, 0.05) is 18.1 Å². The molecule has 0 aliphatic rings. The molecule has 2 aromatic heterocycles. The van der Waals surface area contributed by atoms with Gasteiger partial charge >= 0.3 is 0 Å². The minimum atomic E-state index is 0.729. The average molecular weight is 257 g/mol. The maximum absolute atomic E-state index is 5.73. The largest absolute Gasteiger partial charge is 0.399 e. The van der Waals surface area contributed by atoms with Gasteiger partial charge in [0.2, 0.25) is 0 Å². The minimum absolute atomic E-state index is 0.729. The lowest BCUT2D eigenvalue weighted by molar-refractivity contribution is 1.05. The predicted molar refractivity (Wildman–Crippen MR) is 72.1 cm³/mol. The standard InChI is InChI=1S/C12H11N5S/c13-8-1-2-9-10(5-8)17-11(16-9)7-18-12-6-14-3-4-15-12/h1-6H,7,13H2,(H,16,17). The van der Waals surface area contributed by atoms with Crippen LogP contribution >= 0.6 is 11.8 Å². The molecule has 0 saturated carbocycles. The van der Waals surface area contributed by atoms with E-state index in [0.717, 1.165) is 33.3 Å². The smallest absolute Gasteiger partial charge is 0.117 e. The van der Waals surface area contributed by atoms with Crippen LogP contribution in [0.15, 0.2) is 41.8 Å². The number of anilines is 1. The molecule has 3 aromatic rings. The molecule has 5 nitrogen and oxygen atoms in total. The van der Waals surface area contributed by atoms with Gasteiger partial charge in [-0.3, -0.25) is 4.98 Å². The number of nitrogens with zero attached hydrogens (tertiary/aromatic N) is 3. The first kappa shape index (κ1) is 11.0. The molecule has 2 heterocycles. The van der Waals surface area contributed by atoms with E-state index in [-0.39, 0.29) is 0 Å². The van der Waals surface area contributed by atoms with Gasteiger partial charge in [0.15, 0.2) is 0 Å². The zero-order chi connectivity index (χ0) is 12.4. The zero-order valence-electron chi connectivity index (χ0n) is 9.50. The van der Waals surface area contributed by atoms with Gasteiger partial charge in [-0.25, -0.2) is 9.97 Å². The molecule has 0 bridgehead atoms. The molecular weight excluding hydrogens is 246 g/mol. The number of thioether (sulfide) groups is 1. The van der Waals surface area contributed by atoms with Gasteiger partial charge in [-0.15, -0.1) is 0 Å². The highest BCUT2D eigenvalue weighted by Gasteiger charge is 2.04. The fraction of sp³-hybridized carbons (Fsp3) is 0.0833. The Balaban J connectivity index is 1.79. The van der Waals surface area contributed by atoms with Crippen molar-refractivity contribution in [3.05, 3.63) is 42.6 Å². The van der Waals surface area contributed by atoms with E-state index in [1.807, 2.05) is 18.2 Å². The maximum atomic E-state index is 5.73. The van der Waals surface area contributed by atoms with Crippen molar-refractivity contribution < 1.29 is 0 Å². The number of H-pyrrole nitrogens is 1.